The Bertz CT molecular complexity index is 243. The number of piperazine rings is 1. The smallest absolute Gasteiger partial charge is 0.0705 e. The Hall–Kier alpha value is -0.120. The Labute approximate surface area is 133 Å². The van der Waals surface area contributed by atoms with E-state index in [2.05, 4.69) is 31.0 Å². The fraction of sp³-hybridized carbons (Fsp3) is 1.00. The SMILES string of the molecule is CCCCCCC(C)(CCCCCC)N1CCNCC1N. The molecule has 1 rings (SSSR count). The number of hydrogen-bond donors (Lipinski definition) is 2. The fourth-order valence-corrected chi connectivity index (χ4v) is 3.67. The average molecular weight is 298 g/mol. The van der Waals surface area contributed by atoms with Crippen LogP contribution in [0.2, 0.25) is 0 Å². The van der Waals surface area contributed by atoms with Crippen molar-refractivity contribution in [2.45, 2.75) is 96.7 Å². The maximum absolute atomic E-state index is 6.39. The molecule has 3 heteroatoms. The molecule has 1 aliphatic heterocycles. The fourth-order valence-electron chi connectivity index (χ4n) is 3.67. The summed E-state index contributed by atoms with van der Waals surface area (Å²) in [6.07, 6.45) is 13.7. The molecule has 0 aromatic rings. The molecule has 0 radical (unpaired) electrons. The number of nitrogens with zero attached hydrogens (tertiary/aromatic N) is 1. The Morgan fingerprint density at radius 1 is 1.00 bits per heavy atom. The van der Waals surface area contributed by atoms with E-state index >= 15 is 0 Å². The lowest BCUT2D eigenvalue weighted by atomic mass is 9.85. The molecule has 1 heterocycles. The average Bonchev–Trinajstić information content (AvgIpc) is 2.49. The second-order valence-corrected chi connectivity index (χ2v) is 7.08. The predicted molar refractivity (Wildman–Crippen MR) is 93.5 cm³/mol. The maximum atomic E-state index is 6.39. The highest BCUT2D eigenvalue weighted by Gasteiger charge is 2.35. The van der Waals surface area contributed by atoms with E-state index in [0.29, 0.717) is 5.54 Å². The molecule has 0 amide bonds. The first-order valence-corrected chi connectivity index (χ1v) is 9.37. The van der Waals surface area contributed by atoms with Crippen molar-refractivity contribution in [1.29, 1.82) is 0 Å². The minimum absolute atomic E-state index is 0.195. The minimum atomic E-state index is 0.195. The van der Waals surface area contributed by atoms with Gasteiger partial charge in [-0.15, -0.1) is 0 Å². The predicted octanol–water partition coefficient (Wildman–Crippen LogP) is 3.88. The highest BCUT2D eigenvalue weighted by atomic mass is 15.3. The topological polar surface area (TPSA) is 41.3 Å². The molecular weight excluding hydrogens is 258 g/mol. The zero-order chi connectivity index (χ0) is 15.6. The van der Waals surface area contributed by atoms with Gasteiger partial charge in [0.15, 0.2) is 0 Å². The van der Waals surface area contributed by atoms with Gasteiger partial charge >= 0.3 is 0 Å². The van der Waals surface area contributed by atoms with Crippen LogP contribution in [-0.2, 0) is 0 Å². The minimum Gasteiger partial charge on any atom is -0.315 e. The van der Waals surface area contributed by atoms with Crippen molar-refractivity contribution in [2.24, 2.45) is 5.73 Å². The van der Waals surface area contributed by atoms with Crippen LogP contribution in [0.1, 0.15) is 85.0 Å². The summed E-state index contributed by atoms with van der Waals surface area (Å²) < 4.78 is 0. The quantitative estimate of drug-likeness (QED) is 0.569. The molecule has 3 N–H and O–H groups in total. The van der Waals surface area contributed by atoms with E-state index in [-0.39, 0.29) is 6.17 Å². The first kappa shape index (κ1) is 18.9. The number of nitrogens with one attached hydrogen (secondary N) is 1. The van der Waals surface area contributed by atoms with Gasteiger partial charge in [-0.05, 0) is 19.8 Å². The number of nitrogens with two attached hydrogens (primary N) is 1. The van der Waals surface area contributed by atoms with E-state index in [4.69, 9.17) is 5.73 Å². The molecule has 1 fully saturated rings. The summed E-state index contributed by atoms with van der Waals surface area (Å²) in [4.78, 5) is 2.60. The second kappa shape index (κ2) is 10.6. The van der Waals surface area contributed by atoms with Crippen LogP contribution in [0.3, 0.4) is 0 Å². The van der Waals surface area contributed by atoms with Crippen LogP contribution in [0.4, 0.5) is 0 Å². The van der Waals surface area contributed by atoms with Crippen molar-refractivity contribution >= 4 is 0 Å². The van der Waals surface area contributed by atoms with Crippen molar-refractivity contribution in [1.82, 2.24) is 10.2 Å². The van der Waals surface area contributed by atoms with E-state index in [1.54, 1.807) is 0 Å². The van der Waals surface area contributed by atoms with E-state index in [0.717, 1.165) is 19.6 Å². The van der Waals surface area contributed by atoms with Gasteiger partial charge in [0, 0.05) is 25.2 Å². The van der Waals surface area contributed by atoms with E-state index in [1.807, 2.05) is 0 Å². The van der Waals surface area contributed by atoms with Gasteiger partial charge in [0.05, 0.1) is 6.17 Å². The van der Waals surface area contributed by atoms with Crippen LogP contribution < -0.4 is 11.1 Å². The monoisotopic (exact) mass is 297 g/mol. The molecule has 126 valence electrons. The third kappa shape index (κ3) is 6.66. The van der Waals surface area contributed by atoms with Crippen LogP contribution >= 0.6 is 0 Å². The molecule has 0 spiro atoms. The standard InChI is InChI=1S/C18H39N3/c1-4-6-8-10-12-18(3,13-11-9-7-5-2)21-15-14-20-16-17(21)19/h17,20H,4-16,19H2,1-3H3. The van der Waals surface area contributed by atoms with Gasteiger partial charge in [0.2, 0.25) is 0 Å². The first-order valence-electron chi connectivity index (χ1n) is 9.37. The molecule has 1 atom stereocenters. The maximum Gasteiger partial charge on any atom is 0.0705 e. The Kier molecular flexibility index (Phi) is 9.54. The van der Waals surface area contributed by atoms with Gasteiger partial charge in [0.1, 0.15) is 0 Å². The summed E-state index contributed by atoms with van der Waals surface area (Å²) in [5, 5.41) is 3.42. The summed E-state index contributed by atoms with van der Waals surface area (Å²) in [6, 6.07) is 0. The highest BCUT2D eigenvalue weighted by Crippen LogP contribution is 2.30. The summed E-state index contributed by atoms with van der Waals surface area (Å²) >= 11 is 0. The van der Waals surface area contributed by atoms with Crippen LogP contribution in [0.15, 0.2) is 0 Å². The van der Waals surface area contributed by atoms with Gasteiger partial charge < -0.3 is 11.1 Å². The van der Waals surface area contributed by atoms with Crippen molar-refractivity contribution in [3.63, 3.8) is 0 Å². The molecule has 0 saturated carbocycles. The molecule has 0 aromatic heterocycles. The van der Waals surface area contributed by atoms with Crippen molar-refractivity contribution < 1.29 is 0 Å². The lowest BCUT2D eigenvalue weighted by molar-refractivity contribution is 0.0234. The zero-order valence-corrected chi connectivity index (χ0v) is 14.8. The molecule has 0 aliphatic carbocycles. The highest BCUT2D eigenvalue weighted by molar-refractivity contribution is 4.91. The van der Waals surface area contributed by atoms with E-state index in [1.165, 1.54) is 64.2 Å². The van der Waals surface area contributed by atoms with Gasteiger partial charge in [0.25, 0.3) is 0 Å². The normalized spacial score (nSPS) is 20.9. The molecule has 3 nitrogen and oxygen atoms in total. The lowest BCUT2D eigenvalue weighted by Crippen LogP contribution is -2.63. The molecule has 21 heavy (non-hydrogen) atoms. The number of hydrogen-bond acceptors (Lipinski definition) is 3. The molecule has 0 aromatic carbocycles. The lowest BCUT2D eigenvalue weighted by Gasteiger charge is -2.47. The number of rotatable bonds is 11. The third-order valence-corrected chi connectivity index (χ3v) is 5.11. The van der Waals surface area contributed by atoms with Gasteiger partial charge in [-0.3, -0.25) is 4.90 Å². The molecule has 1 saturated heterocycles. The van der Waals surface area contributed by atoms with Gasteiger partial charge in [-0.1, -0.05) is 65.2 Å². The Morgan fingerprint density at radius 2 is 1.57 bits per heavy atom. The largest absolute Gasteiger partial charge is 0.315 e. The molecule has 1 aliphatic rings. The number of unbranched alkanes of at least 4 members (excludes halogenated alkanes) is 6. The Balaban J connectivity index is 2.53. The van der Waals surface area contributed by atoms with Gasteiger partial charge in [-0.2, -0.15) is 0 Å². The van der Waals surface area contributed by atoms with E-state index < -0.39 is 0 Å². The van der Waals surface area contributed by atoms with Crippen LogP contribution in [0.25, 0.3) is 0 Å². The molecule has 0 bridgehead atoms. The summed E-state index contributed by atoms with van der Waals surface area (Å²) in [6.45, 7) is 10.2. The third-order valence-electron chi connectivity index (χ3n) is 5.11. The van der Waals surface area contributed by atoms with Gasteiger partial charge in [-0.25, -0.2) is 0 Å². The van der Waals surface area contributed by atoms with Crippen LogP contribution in [-0.4, -0.2) is 36.2 Å². The van der Waals surface area contributed by atoms with Crippen molar-refractivity contribution in [3.8, 4) is 0 Å². The summed E-state index contributed by atoms with van der Waals surface area (Å²) in [5.74, 6) is 0. The molecular formula is C18H39N3. The van der Waals surface area contributed by atoms with E-state index in [9.17, 15) is 0 Å². The summed E-state index contributed by atoms with van der Waals surface area (Å²) in [7, 11) is 0. The van der Waals surface area contributed by atoms with Crippen LogP contribution in [0, 0.1) is 0 Å². The van der Waals surface area contributed by atoms with Crippen molar-refractivity contribution in [2.75, 3.05) is 19.6 Å². The Morgan fingerprint density at radius 3 is 2.05 bits per heavy atom. The van der Waals surface area contributed by atoms with Crippen molar-refractivity contribution in [3.05, 3.63) is 0 Å². The zero-order valence-electron chi connectivity index (χ0n) is 14.8. The van der Waals surface area contributed by atoms with Crippen LogP contribution in [0.5, 0.6) is 0 Å². The summed E-state index contributed by atoms with van der Waals surface area (Å²) in [5.41, 5.74) is 6.70. The first-order chi connectivity index (χ1) is 10.1. The molecule has 1 unspecified atom stereocenters. The second-order valence-electron chi connectivity index (χ2n) is 7.08.